The number of rotatable bonds is 7. The summed E-state index contributed by atoms with van der Waals surface area (Å²) >= 11 is 0. The van der Waals surface area contributed by atoms with Crippen LogP contribution >= 0.6 is 0 Å². The van der Waals surface area contributed by atoms with Crippen molar-refractivity contribution in [3.8, 4) is 0 Å². The van der Waals surface area contributed by atoms with E-state index >= 15 is 0 Å². The Morgan fingerprint density at radius 1 is 0.741 bits per heavy atom. The van der Waals surface area contributed by atoms with Gasteiger partial charge in [0.1, 0.15) is 5.60 Å². The summed E-state index contributed by atoms with van der Waals surface area (Å²) in [5.41, 5.74) is 6.00. The first kappa shape index (κ1) is 41.9. The van der Waals surface area contributed by atoms with E-state index in [0.717, 1.165) is 50.7 Å². The van der Waals surface area contributed by atoms with E-state index in [0.29, 0.717) is 22.8 Å². The number of carbonyl (C=O) groups excluding carboxylic acids is 1. The number of nitrogens with one attached hydrogen (secondary N) is 1. The Kier molecular flexibility index (Phi) is 12.8. The molecule has 2 spiro atoms. The van der Waals surface area contributed by atoms with Gasteiger partial charge in [0.05, 0.1) is 6.04 Å². The van der Waals surface area contributed by atoms with Crippen molar-refractivity contribution < 1.29 is 9.53 Å². The SMILES string of the molecule is C[C@H]1CC[C@H](c2ccc(N3CCC4(CC3)CC(C[C@H]3CCC(Cc5ccc(N6CCC7(CCCN(C)C7)CC6)cc5)NC3)CN(C)C4)cc2)N(C(=O)OC(C)(C)C)C1. The van der Waals surface area contributed by atoms with Gasteiger partial charge in [-0.2, -0.15) is 0 Å². The summed E-state index contributed by atoms with van der Waals surface area (Å²) in [4.78, 5) is 25.7. The van der Waals surface area contributed by atoms with Crippen LogP contribution in [-0.4, -0.2) is 112 Å². The van der Waals surface area contributed by atoms with Gasteiger partial charge in [0.25, 0.3) is 0 Å². The van der Waals surface area contributed by atoms with E-state index in [1.807, 2.05) is 25.7 Å². The Bertz CT molecular complexity index is 1630. The minimum absolute atomic E-state index is 0.0869. The molecule has 6 aliphatic rings. The molecular weight excluding hydrogens is 717 g/mol. The van der Waals surface area contributed by atoms with Gasteiger partial charge in [-0.1, -0.05) is 31.2 Å². The average Bonchev–Trinajstić information content (AvgIpc) is 3.19. The van der Waals surface area contributed by atoms with E-state index in [4.69, 9.17) is 4.74 Å². The summed E-state index contributed by atoms with van der Waals surface area (Å²) in [6, 6.07) is 19.5. The van der Waals surface area contributed by atoms with Crippen LogP contribution in [0.4, 0.5) is 16.2 Å². The third-order valence-electron chi connectivity index (χ3n) is 15.6. The predicted molar refractivity (Wildman–Crippen MR) is 240 cm³/mol. The number of amides is 1. The second kappa shape index (κ2) is 17.7. The molecule has 8 heteroatoms. The zero-order valence-electron chi connectivity index (χ0n) is 37.3. The van der Waals surface area contributed by atoms with E-state index in [-0.39, 0.29) is 12.1 Å². The Balaban J connectivity index is 0.778. The summed E-state index contributed by atoms with van der Waals surface area (Å²) in [5.74, 6) is 2.10. The highest BCUT2D eigenvalue weighted by Crippen LogP contribution is 2.45. The topological polar surface area (TPSA) is 54.5 Å². The molecule has 320 valence electrons. The second-order valence-corrected chi connectivity index (χ2v) is 21.7. The Morgan fingerprint density at radius 3 is 2.00 bits per heavy atom. The third kappa shape index (κ3) is 10.2. The van der Waals surface area contributed by atoms with E-state index < -0.39 is 5.60 Å². The zero-order valence-corrected chi connectivity index (χ0v) is 37.3. The van der Waals surface area contributed by atoms with Crippen molar-refractivity contribution in [2.24, 2.45) is 28.6 Å². The quantitative estimate of drug-likeness (QED) is 0.300. The van der Waals surface area contributed by atoms with Crippen LogP contribution in [0.1, 0.15) is 122 Å². The van der Waals surface area contributed by atoms with Crippen LogP contribution in [0.2, 0.25) is 0 Å². The number of ether oxygens (including phenoxy) is 1. The van der Waals surface area contributed by atoms with Crippen molar-refractivity contribution in [3.05, 3.63) is 59.7 Å². The first-order chi connectivity index (χ1) is 27.8. The van der Waals surface area contributed by atoms with Gasteiger partial charge in [-0.3, -0.25) is 0 Å². The van der Waals surface area contributed by atoms with Gasteiger partial charge in [0.15, 0.2) is 0 Å². The van der Waals surface area contributed by atoms with E-state index in [9.17, 15) is 4.79 Å². The van der Waals surface area contributed by atoms with E-state index in [1.54, 1.807) is 0 Å². The molecule has 5 atom stereocenters. The van der Waals surface area contributed by atoms with Crippen molar-refractivity contribution in [2.75, 3.05) is 89.3 Å². The highest BCUT2D eigenvalue weighted by atomic mass is 16.6. The summed E-state index contributed by atoms with van der Waals surface area (Å²) in [6.45, 7) is 19.8. The molecule has 6 aliphatic heterocycles. The van der Waals surface area contributed by atoms with Crippen LogP contribution in [0, 0.1) is 28.6 Å². The van der Waals surface area contributed by atoms with Crippen molar-refractivity contribution >= 4 is 17.5 Å². The van der Waals surface area contributed by atoms with Gasteiger partial charge in [0, 0.05) is 69.8 Å². The molecule has 8 rings (SSSR count). The lowest BCUT2D eigenvalue weighted by Gasteiger charge is -2.50. The Hall–Kier alpha value is -2.81. The maximum absolute atomic E-state index is 13.2. The van der Waals surface area contributed by atoms with Gasteiger partial charge < -0.3 is 34.6 Å². The molecule has 6 saturated heterocycles. The largest absolute Gasteiger partial charge is 0.444 e. The zero-order chi connectivity index (χ0) is 40.5. The normalized spacial score (nSPS) is 29.8. The molecule has 2 aromatic rings. The third-order valence-corrected chi connectivity index (χ3v) is 15.6. The van der Waals surface area contributed by atoms with Gasteiger partial charge in [-0.25, -0.2) is 4.79 Å². The molecule has 0 aromatic heterocycles. The fourth-order valence-corrected chi connectivity index (χ4v) is 12.6. The van der Waals surface area contributed by atoms with Crippen molar-refractivity contribution in [2.45, 2.75) is 129 Å². The molecule has 0 aliphatic carbocycles. The number of anilines is 2. The van der Waals surface area contributed by atoms with Crippen molar-refractivity contribution in [3.63, 3.8) is 0 Å². The molecule has 1 N–H and O–H groups in total. The van der Waals surface area contributed by atoms with Gasteiger partial charge >= 0.3 is 6.09 Å². The average molecular weight is 795 g/mol. The minimum atomic E-state index is -0.486. The van der Waals surface area contributed by atoms with Crippen LogP contribution in [-0.2, 0) is 11.2 Å². The molecule has 0 bridgehead atoms. The summed E-state index contributed by atoms with van der Waals surface area (Å²) < 4.78 is 5.83. The maximum atomic E-state index is 13.2. The van der Waals surface area contributed by atoms with Gasteiger partial charge in [0.2, 0.25) is 0 Å². The number of likely N-dealkylation sites (tertiary alicyclic amines) is 3. The van der Waals surface area contributed by atoms with Crippen LogP contribution < -0.4 is 15.1 Å². The number of nitrogens with zero attached hydrogens (tertiary/aromatic N) is 5. The molecule has 2 aromatic carbocycles. The second-order valence-electron chi connectivity index (χ2n) is 21.7. The Labute approximate surface area is 352 Å². The molecule has 8 nitrogen and oxygen atoms in total. The highest BCUT2D eigenvalue weighted by molar-refractivity contribution is 5.69. The summed E-state index contributed by atoms with van der Waals surface area (Å²) in [5, 5.41) is 4.01. The number of piperidine rings is 6. The van der Waals surface area contributed by atoms with Gasteiger partial charge in [-0.05, 0) is 195 Å². The number of hydrogen-bond acceptors (Lipinski definition) is 7. The molecule has 0 saturated carbocycles. The summed E-state index contributed by atoms with van der Waals surface area (Å²) in [6.07, 6.45) is 16.6. The summed E-state index contributed by atoms with van der Waals surface area (Å²) in [7, 11) is 4.69. The van der Waals surface area contributed by atoms with Gasteiger partial charge in [-0.15, -0.1) is 0 Å². The van der Waals surface area contributed by atoms with E-state index in [1.165, 1.54) is 133 Å². The number of carbonyl (C=O) groups is 1. The van der Waals surface area contributed by atoms with Crippen molar-refractivity contribution in [1.82, 2.24) is 20.0 Å². The van der Waals surface area contributed by atoms with Crippen LogP contribution in [0.5, 0.6) is 0 Å². The lowest BCUT2D eigenvalue weighted by Crippen LogP contribution is -2.51. The highest BCUT2D eigenvalue weighted by Gasteiger charge is 2.42. The molecule has 1 amide bonds. The first-order valence-corrected chi connectivity index (χ1v) is 23.6. The lowest BCUT2D eigenvalue weighted by molar-refractivity contribution is 0.00363. The molecular formula is C50H78N6O2. The minimum Gasteiger partial charge on any atom is -0.444 e. The standard InChI is InChI=1S/C50H78N6O2/c1-38-8-19-46(56(34-38)47(57)58-48(2,3)4)42-12-17-45(18-13-42)55-28-23-50(24-29-55)32-41(35-53(6)37-50)30-40-9-14-43(51-33-40)31-39-10-15-44(16-11-39)54-26-21-49(22-27-54)20-7-25-52(5)36-49/h10-13,15-18,38,40-41,43,46,51H,7-9,14,19-37H2,1-6H3/t38-,40+,41?,43?,46+/m0/s1. The number of benzene rings is 2. The van der Waals surface area contributed by atoms with E-state index in [2.05, 4.69) is 94.5 Å². The predicted octanol–water partition coefficient (Wildman–Crippen LogP) is 9.25. The van der Waals surface area contributed by atoms with Crippen LogP contribution in [0.3, 0.4) is 0 Å². The molecule has 6 heterocycles. The fourth-order valence-electron chi connectivity index (χ4n) is 12.6. The lowest BCUT2D eigenvalue weighted by atomic mass is 9.67. The first-order valence-electron chi connectivity index (χ1n) is 23.6. The fraction of sp³-hybridized carbons (Fsp3) is 0.740. The van der Waals surface area contributed by atoms with Crippen LogP contribution in [0.15, 0.2) is 48.5 Å². The molecule has 2 unspecified atom stereocenters. The maximum Gasteiger partial charge on any atom is 0.410 e. The van der Waals surface area contributed by atoms with Crippen LogP contribution in [0.25, 0.3) is 0 Å². The molecule has 58 heavy (non-hydrogen) atoms. The molecule has 6 fully saturated rings. The monoisotopic (exact) mass is 795 g/mol. The smallest absolute Gasteiger partial charge is 0.410 e. The van der Waals surface area contributed by atoms with Crippen molar-refractivity contribution in [1.29, 1.82) is 0 Å². The Morgan fingerprint density at radius 2 is 1.38 bits per heavy atom. The number of hydrogen-bond donors (Lipinski definition) is 1. The molecule has 0 radical (unpaired) electrons.